The number of carbonyl (C=O) groups is 1. The molecule has 0 unspecified atom stereocenters. The molecule has 2 aromatic carbocycles. The lowest BCUT2D eigenvalue weighted by Crippen LogP contribution is -2.30. The Bertz CT molecular complexity index is 784. The van der Waals surface area contributed by atoms with Crippen molar-refractivity contribution in [3.63, 3.8) is 0 Å². The number of carbonyl (C=O) groups excluding carboxylic acids is 1. The van der Waals surface area contributed by atoms with Crippen LogP contribution in [0.5, 0.6) is 0 Å². The smallest absolute Gasteiger partial charge is 0.281 e. The van der Waals surface area contributed by atoms with E-state index in [-0.39, 0.29) is 5.91 Å². The molecule has 0 aromatic heterocycles. The second-order valence-corrected chi connectivity index (χ2v) is 6.32. The number of nitrogens with one attached hydrogen (secondary N) is 1. The molecule has 22 heavy (non-hydrogen) atoms. The lowest BCUT2D eigenvalue weighted by atomic mass is 10.2. The predicted molar refractivity (Wildman–Crippen MR) is 96.5 cm³/mol. The first-order valence-electron chi connectivity index (χ1n) is 6.74. The Morgan fingerprint density at radius 3 is 2.59 bits per heavy atom. The van der Waals surface area contributed by atoms with E-state index in [9.17, 15) is 4.79 Å². The molecule has 0 saturated carbocycles. The Morgan fingerprint density at radius 2 is 1.91 bits per heavy atom. The molecule has 1 aliphatic heterocycles. The summed E-state index contributed by atoms with van der Waals surface area (Å²) >= 11 is 8.72. The van der Waals surface area contributed by atoms with Crippen molar-refractivity contribution < 1.29 is 4.79 Å². The minimum absolute atomic E-state index is 0.145. The fraction of sp³-hybridized carbons (Fsp3) is 0.0588. The highest BCUT2D eigenvalue weighted by molar-refractivity contribution is 9.10. The first kappa shape index (κ1) is 14.9. The maximum atomic E-state index is 12.6. The fourth-order valence-electron chi connectivity index (χ4n) is 2.23. The molecule has 110 valence electrons. The third-order valence-corrected chi connectivity index (χ3v) is 4.11. The second-order valence-electron chi connectivity index (χ2n) is 5.02. The number of hydrogen-bond acceptors (Lipinski definition) is 2. The van der Waals surface area contributed by atoms with Crippen LogP contribution in [0.3, 0.4) is 0 Å². The minimum atomic E-state index is -0.145. The minimum Gasteiger partial charge on any atom is -0.327 e. The van der Waals surface area contributed by atoms with Gasteiger partial charge in [0.15, 0.2) is 5.11 Å². The number of rotatable bonds is 2. The maximum absolute atomic E-state index is 12.6. The maximum Gasteiger partial charge on any atom is 0.281 e. The lowest BCUT2D eigenvalue weighted by molar-refractivity contribution is -0.113. The largest absolute Gasteiger partial charge is 0.327 e. The topological polar surface area (TPSA) is 32.3 Å². The summed E-state index contributed by atoms with van der Waals surface area (Å²) in [5.41, 5.74) is 3.31. The Morgan fingerprint density at radius 1 is 1.18 bits per heavy atom. The quantitative estimate of drug-likeness (QED) is 0.638. The first-order chi connectivity index (χ1) is 10.5. The zero-order chi connectivity index (χ0) is 15.7. The van der Waals surface area contributed by atoms with Crippen molar-refractivity contribution in [2.75, 3.05) is 4.90 Å². The summed E-state index contributed by atoms with van der Waals surface area (Å²) in [4.78, 5) is 14.1. The molecule has 1 saturated heterocycles. The molecule has 1 amide bonds. The molecule has 5 heteroatoms. The molecule has 0 atom stereocenters. The highest BCUT2D eigenvalue weighted by Crippen LogP contribution is 2.23. The van der Waals surface area contributed by atoms with E-state index in [1.165, 1.54) is 4.90 Å². The van der Waals surface area contributed by atoms with Crippen molar-refractivity contribution in [2.45, 2.75) is 6.92 Å². The lowest BCUT2D eigenvalue weighted by Gasteiger charge is -2.13. The fourth-order valence-corrected chi connectivity index (χ4v) is 2.94. The molecule has 0 aliphatic carbocycles. The SMILES string of the molecule is Cc1ccc(N2C(=O)/C(=C\c3cccc(Br)c3)NC2=S)cc1. The molecule has 0 radical (unpaired) electrons. The van der Waals surface area contributed by atoms with Crippen LogP contribution in [0.2, 0.25) is 0 Å². The average molecular weight is 373 g/mol. The van der Waals surface area contributed by atoms with Crippen LogP contribution in [0.1, 0.15) is 11.1 Å². The molecule has 0 bridgehead atoms. The van der Waals surface area contributed by atoms with Gasteiger partial charge < -0.3 is 5.32 Å². The monoisotopic (exact) mass is 372 g/mol. The summed E-state index contributed by atoms with van der Waals surface area (Å²) in [5.74, 6) is -0.145. The number of halogens is 1. The van der Waals surface area contributed by atoms with Crippen LogP contribution in [0, 0.1) is 6.92 Å². The number of nitrogens with zero attached hydrogens (tertiary/aromatic N) is 1. The Kier molecular flexibility index (Phi) is 4.09. The molecular weight excluding hydrogens is 360 g/mol. The van der Waals surface area contributed by atoms with Crippen LogP contribution < -0.4 is 10.2 Å². The van der Waals surface area contributed by atoms with E-state index in [1.807, 2.05) is 55.5 Å². The molecule has 0 spiro atoms. The van der Waals surface area contributed by atoms with E-state index in [2.05, 4.69) is 21.2 Å². The van der Waals surface area contributed by atoms with E-state index in [4.69, 9.17) is 12.2 Å². The normalized spacial score (nSPS) is 16.3. The molecule has 1 heterocycles. The van der Waals surface area contributed by atoms with E-state index in [0.717, 1.165) is 21.3 Å². The second kappa shape index (κ2) is 6.02. The van der Waals surface area contributed by atoms with Crippen molar-refractivity contribution in [2.24, 2.45) is 0 Å². The van der Waals surface area contributed by atoms with Gasteiger partial charge in [0.1, 0.15) is 5.70 Å². The van der Waals surface area contributed by atoms with Gasteiger partial charge in [-0.05, 0) is 55.0 Å². The van der Waals surface area contributed by atoms with Crippen LogP contribution in [0.4, 0.5) is 5.69 Å². The summed E-state index contributed by atoms with van der Waals surface area (Å²) in [7, 11) is 0. The molecule has 1 aliphatic rings. The van der Waals surface area contributed by atoms with Gasteiger partial charge >= 0.3 is 0 Å². The zero-order valence-electron chi connectivity index (χ0n) is 11.8. The van der Waals surface area contributed by atoms with Crippen LogP contribution in [-0.2, 0) is 4.79 Å². The highest BCUT2D eigenvalue weighted by Gasteiger charge is 2.31. The van der Waals surface area contributed by atoms with Crippen molar-refractivity contribution in [1.82, 2.24) is 5.32 Å². The summed E-state index contributed by atoms with van der Waals surface area (Å²) in [6.45, 7) is 2.00. The van der Waals surface area contributed by atoms with Crippen molar-refractivity contribution in [3.8, 4) is 0 Å². The molecule has 1 fully saturated rings. The van der Waals surface area contributed by atoms with Crippen molar-refractivity contribution >= 4 is 50.9 Å². The third kappa shape index (κ3) is 2.96. The van der Waals surface area contributed by atoms with E-state index in [1.54, 1.807) is 6.08 Å². The predicted octanol–water partition coefficient (Wildman–Crippen LogP) is 4.02. The average Bonchev–Trinajstić information content (AvgIpc) is 2.75. The van der Waals surface area contributed by atoms with E-state index >= 15 is 0 Å². The van der Waals surface area contributed by atoms with Crippen LogP contribution in [-0.4, -0.2) is 11.0 Å². The highest BCUT2D eigenvalue weighted by atomic mass is 79.9. The molecule has 2 aromatic rings. The van der Waals surface area contributed by atoms with Gasteiger partial charge in [-0.1, -0.05) is 45.8 Å². The first-order valence-corrected chi connectivity index (χ1v) is 7.94. The number of amides is 1. The molecule has 1 N–H and O–H groups in total. The van der Waals surface area contributed by atoms with Gasteiger partial charge in [0, 0.05) is 4.47 Å². The van der Waals surface area contributed by atoms with E-state index in [0.29, 0.717) is 10.8 Å². The molecule has 3 nitrogen and oxygen atoms in total. The van der Waals surface area contributed by atoms with Gasteiger partial charge in [0.25, 0.3) is 5.91 Å². The molecule has 3 rings (SSSR count). The van der Waals surface area contributed by atoms with Gasteiger partial charge in [-0.15, -0.1) is 0 Å². The van der Waals surface area contributed by atoms with Gasteiger partial charge in [-0.2, -0.15) is 0 Å². The Labute approximate surface area is 142 Å². The van der Waals surface area contributed by atoms with Gasteiger partial charge in [0.2, 0.25) is 0 Å². The van der Waals surface area contributed by atoms with Crippen LogP contribution in [0.15, 0.2) is 58.7 Å². The summed E-state index contributed by atoms with van der Waals surface area (Å²) < 4.78 is 0.963. The van der Waals surface area contributed by atoms with Gasteiger partial charge in [-0.25, -0.2) is 0 Å². The third-order valence-electron chi connectivity index (χ3n) is 3.33. The number of benzene rings is 2. The number of aryl methyl sites for hydroxylation is 1. The van der Waals surface area contributed by atoms with Crippen molar-refractivity contribution in [1.29, 1.82) is 0 Å². The Balaban J connectivity index is 1.93. The molecular formula is C17H13BrN2OS. The summed E-state index contributed by atoms with van der Waals surface area (Å²) in [5, 5.41) is 3.39. The van der Waals surface area contributed by atoms with Crippen LogP contribution >= 0.6 is 28.1 Å². The Hall–Kier alpha value is -1.98. The van der Waals surface area contributed by atoms with Crippen molar-refractivity contribution in [3.05, 3.63) is 69.8 Å². The standard InChI is InChI=1S/C17H13BrN2OS/c1-11-5-7-14(8-6-11)20-16(21)15(19-17(20)22)10-12-3-2-4-13(18)9-12/h2-10H,1H3,(H,19,22)/b15-10+. The summed E-state index contributed by atoms with van der Waals surface area (Å²) in [6, 6.07) is 15.4. The van der Waals surface area contributed by atoms with Crippen LogP contribution in [0.25, 0.3) is 6.08 Å². The van der Waals surface area contributed by atoms with Gasteiger partial charge in [0.05, 0.1) is 5.69 Å². The van der Waals surface area contributed by atoms with E-state index < -0.39 is 0 Å². The number of thiocarbonyl (C=S) groups is 1. The van der Waals surface area contributed by atoms with Gasteiger partial charge in [-0.3, -0.25) is 9.69 Å². The number of anilines is 1. The number of hydrogen-bond donors (Lipinski definition) is 1. The zero-order valence-corrected chi connectivity index (χ0v) is 14.2. The summed E-state index contributed by atoms with van der Waals surface area (Å²) in [6.07, 6.45) is 1.80.